The van der Waals surface area contributed by atoms with Gasteiger partial charge in [-0.3, -0.25) is 0 Å². The molecule has 34 heavy (non-hydrogen) atoms. The topological polar surface area (TPSA) is 125 Å². The van der Waals surface area contributed by atoms with Crippen LogP contribution in [0.2, 0.25) is 0 Å². The van der Waals surface area contributed by atoms with Crippen molar-refractivity contribution in [3.63, 3.8) is 0 Å². The molecule has 3 aliphatic carbocycles. The third-order valence-electron chi connectivity index (χ3n) is 9.71. The molecule has 0 aromatic rings. The molecule has 0 radical (unpaired) electrons. The molecule has 1 heterocycles. The van der Waals surface area contributed by atoms with E-state index in [0.717, 1.165) is 42.4 Å². The second-order valence-electron chi connectivity index (χ2n) is 12.1. The van der Waals surface area contributed by atoms with Gasteiger partial charge >= 0.3 is 182 Å². The molecule has 0 amide bonds. The van der Waals surface area contributed by atoms with Gasteiger partial charge in [-0.2, -0.15) is 0 Å². The van der Waals surface area contributed by atoms with Crippen LogP contribution in [-0.2, 0) is 0 Å². The molecular formula is C27H51IN3O3-. The van der Waals surface area contributed by atoms with Crippen LogP contribution in [0.3, 0.4) is 0 Å². The Hall–Kier alpha value is 0.490. The molecular weight excluding hydrogens is 541 g/mol. The number of fused-ring (bicyclic) bond motifs is 2. The van der Waals surface area contributed by atoms with Crippen molar-refractivity contribution < 1.29 is 36.5 Å². The van der Waals surface area contributed by atoms with Crippen LogP contribution in [0.15, 0.2) is 0 Å². The van der Waals surface area contributed by atoms with Gasteiger partial charge in [-0.05, 0) is 6.42 Å². The number of alkyl halides is 2. The van der Waals surface area contributed by atoms with E-state index in [-0.39, 0.29) is 39.1 Å². The van der Waals surface area contributed by atoms with Gasteiger partial charge in [-0.1, -0.05) is 19.3 Å². The Morgan fingerprint density at radius 2 is 1.50 bits per heavy atom. The van der Waals surface area contributed by atoms with Gasteiger partial charge in [0.25, 0.3) is 0 Å². The number of hydrogen-bond donors (Lipinski definition) is 6. The number of hydrogen-bond acceptors (Lipinski definition) is 6. The van der Waals surface area contributed by atoms with Crippen LogP contribution in [0, 0.1) is 35.5 Å². The van der Waals surface area contributed by atoms with Crippen LogP contribution in [0.4, 0.5) is 0 Å². The Morgan fingerprint density at radius 1 is 0.853 bits per heavy atom. The summed E-state index contributed by atoms with van der Waals surface area (Å²) in [4.78, 5) is 0. The van der Waals surface area contributed by atoms with Crippen LogP contribution >= 0.6 is 0 Å². The first-order valence-corrected chi connectivity index (χ1v) is 16.8. The molecule has 0 bridgehead atoms. The van der Waals surface area contributed by atoms with E-state index >= 15 is 0 Å². The Morgan fingerprint density at radius 3 is 2.24 bits per heavy atom. The van der Waals surface area contributed by atoms with E-state index in [0.29, 0.717) is 33.8 Å². The third-order valence-corrected chi connectivity index (χ3v) is 14.1. The van der Waals surface area contributed by atoms with E-state index in [1.165, 1.54) is 51.4 Å². The summed E-state index contributed by atoms with van der Waals surface area (Å²) in [5.74, 6) is 2.70. The van der Waals surface area contributed by atoms with E-state index < -0.39 is 12.5 Å². The van der Waals surface area contributed by atoms with Crippen LogP contribution in [0.1, 0.15) is 96.8 Å². The van der Waals surface area contributed by atoms with Gasteiger partial charge in [-0.25, -0.2) is 0 Å². The van der Waals surface area contributed by atoms with Crippen LogP contribution in [0.5, 0.6) is 0 Å². The molecule has 7 heteroatoms. The zero-order chi connectivity index (χ0) is 24.2. The number of nitrogens with two attached hydrogens (primary N) is 2. The standard InChI is InChI=1S/C27H51IN3O3/c1-16(31-25-24(27(30)34)21-12-6-7-13-22(21)28-25)8-2-4-10-19(32)15-18-14-17-9-3-5-11-20(17)23(18)26(29)33/h16-27,31-34H,2-15,29-30H2,1H3/q-1/t16?,17?,18?,19?,20?,21?,22-,23?,24?,25?,26-,27?/m1/s1. The van der Waals surface area contributed by atoms with Gasteiger partial charge in [0.2, 0.25) is 0 Å². The van der Waals surface area contributed by atoms with Crippen molar-refractivity contribution in [1.82, 2.24) is 5.32 Å². The zero-order valence-corrected chi connectivity index (χ0v) is 23.4. The van der Waals surface area contributed by atoms with Gasteiger partial charge in [0.15, 0.2) is 0 Å². The van der Waals surface area contributed by atoms with E-state index in [2.05, 4.69) is 12.2 Å². The monoisotopic (exact) mass is 592 g/mol. The second-order valence-corrected chi connectivity index (χ2v) is 15.7. The van der Waals surface area contributed by atoms with Gasteiger partial charge in [0.05, 0.1) is 0 Å². The van der Waals surface area contributed by atoms with Crippen LogP contribution in [0.25, 0.3) is 0 Å². The van der Waals surface area contributed by atoms with Crippen LogP contribution < -0.4 is 38.0 Å². The molecule has 12 atom stereocenters. The van der Waals surface area contributed by atoms with Gasteiger partial charge in [0, 0.05) is 0 Å². The summed E-state index contributed by atoms with van der Waals surface area (Å²) in [6.45, 7) is 2.27. The third kappa shape index (κ3) is 6.67. The second kappa shape index (κ2) is 12.8. The van der Waals surface area contributed by atoms with Gasteiger partial charge in [-0.15, -0.1) is 0 Å². The van der Waals surface area contributed by atoms with E-state index in [1.54, 1.807) is 0 Å². The fourth-order valence-electron chi connectivity index (χ4n) is 8.12. The number of rotatable bonds is 11. The molecule has 4 aliphatic rings. The molecule has 200 valence electrons. The van der Waals surface area contributed by atoms with Crippen molar-refractivity contribution >= 4 is 0 Å². The predicted octanol–water partition coefficient (Wildman–Crippen LogP) is -0.124. The Labute approximate surface area is 217 Å². The molecule has 10 unspecified atom stereocenters. The number of aliphatic hydroxyl groups is 3. The molecule has 4 fully saturated rings. The first-order valence-electron chi connectivity index (χ1n) is 14.3. The summed E-state index contributed by atoms with van der Waals surface area (Å²) in [6.07, 6.45) is 14.6. The zero-order valence-electron chi connectivity index (χ0n) is 21.2. The van der Waals surface area contributed by atoms with Crippen LogP contribution in [-0.4, -0.2) is 47.9 Å². The maximum atomic E-state index is 10.8. The summed E-state index contributed by atoms with van der Waals surface area (Å²) in [7, 11) is 0. The van der Waals surface area contributed by atoms with Crippen molar-refractivity contribution in [2.24, 2.45) is 47.0 Å². The average Bonchev–Trinajstić information content (AvgIpc) is 3.34. The summed E-state index contributed by atoms with van der Waals surface area (Å²) < 4.78 is 1.28. The molecule has 1 aliphatic heterocycles. The number of nitrogens with one attached hydrogen (secondary N) is 1. The quantitative estimate of drug-likeness (QED) is 0.0654. The Bertz CT molecular complexity index is 572. The molecule has 6 nitrogen and oxygen atoms in total. The fraction of sp³-hybridized carbons (Fsp3) is 1.00. The van der Waals surface area contributed by atoms with Crippen molar-refractivity contribution in [3.05, 3.63) is 0 Å². The molecule has 8 N–H and O–H groups in total. The molecule has 0 aromatic heterocycles. The molecule has 0 aromatic carbocycles. The minimum absolute atomic E-state index is 0.0306. The SMILES string of the molecule is CC(CCCCC(O)CC1CC2CCCCC2C1[C@H](N)O)NC1[I-][C@@H]2CCCCC2C1C(N)O. The van der Waals surface area contributed by atoms with E-state index in [9.17, 15) is 15.3 Å². The first kappa shape index (κ1) is 27.5. The van der Waals surface area contributed by atoms with Gasteiger partial charge in [0.1, 0.15) is 0 Å². The number of unbranched alkanes of at least 4 members (excludes halogenated alkanes) is 1. The molecule has 0 spiro atoms. The van der Waals surface area contributed by atoms with E-state index in [4.69, 9.17) is 11.5 Å². The summed E-state index contributed by atoms with van der Waals surface area (Å²) in [5.41, 5.74) is 12.0. The average molecular weight is 593 g/mol. The summed E-state index contributed by atoms with van der Waals surface area (Å²) in [5, 5.41) is 35.2. The summed E-state index contributed by atoms with van der Waals surface area (Å²) in [6, 6.07) is 0.429. The van der Waals surface area contributed by atoms with Crippen molar-refractivity contribution in [2.75, 3.05) is 0 Å². The minimum atomic E-state index is -0.740. The molecule has 3 saturated carbocycles. The maximum absolute atomic E-state index is 10.8. The Kier molecular flexibility index (Phi) is 10.4. The predicted molar refractivity (Wildman–Crippen MR) is 132 cm³/mol. The van der Waals surface area contributed by atoms with Crippen molar-refractivity contribution in [3.8, 4) is 0 Å². The Balaban J connectivity index is 1.16. The molecule has 1 saturated heterocycles. The summed E-state index contributed by atoms with van der Waals surface area (Å²) >= 11 is 0.0306. The first-order chi connectivity index (χ1) is 16.3. The normalized spacial score (nSPS) is 41.7. The van der Waals surface area contributed by atoms with E-state index in [1.807, 2.05) is 0 Å². The van der Waals surface area contributed by atoms with Crippen molar-refractivity contribution in [2.45, 2.75) is 129 Å². The number of halogens is 1. The van der Waals surface area contributed by atoms with Gasteiger partial charge < -0.3 is 10.8 Å². The van der Waals surface area contributed by atoms with Crippen molar-refractivity contribution in [1.29, 1.82) is 0 Å². The fourth-order valence-corrected chi connectivity index (χ4v) is 13.6. The number of aliphatic hydroxyl groups excluding tert-OH is 3. The molecule has 4 rings (SSSR count).